The van der Waals surface area contributed by atoms with Crippen molar-refractivity contribution in [1.29, 1.82) is 0 Å². The van der Waals surface area contributed by atoms with E-state index in [1.54, 1.807) is 0 Å². The molecule has 12 heavy (non-hydrogen) atoms. The normalized spacial score (nSPS) is 32.8. The molecule has 1 atom stereocenters. The second kappa shape index (κ2) is 3.05. The molecule has 3 nitrogen and oxygen atoms in total. The molecule has 0 aromatic heterocycles. The van der Waals surface area contributed by atoms with E-state index in [9.17, 15) is 4.79 Å². The number of nitrogens with one attached hydrogen (secondary N) is 1. The average Bonchev–Trinajstić information content (AvgIpc) is 2.79. The van der Waals surface area contributed by atoms with Gasteiger partial charge in [-0.2, -0.15) is 0 Å². The number of carbonyl (C=O) groups is 1. The minimum Gasteiger partial charge on any atom is -0.355 e. The van der Waals surface area contributed by atoms with Crippen LogP contribution in [0, 0.1) is 5.92 Å². The molecule has 0 aromatic carbocycles. The topological polar surface area (TPSA) is 32.3 Å². The lowest BCUT2D eigenvalue weighted by molar-refractivity contribution is -0.121. The Bertz CT molecular complexity index is 189. The van der Waals surface area contributed by atoms with Gasteiger partial charge in [-0.25, -0.2) is 0 Å². The van der Waals surface area contributed by atoms with Crippen LogP contribution in [0.3, 0.4) is 0 Å². The van der Waals surface area contributed by atoms with Crippen molar-refractivity contribution in [1.82, 2.24) is 10.2 Å². The first-order valence-electron chi connectivity index (χ1n) is 4.76. The number of carbonyl (C=O) groups excluding carboxylic acids is 1. The van der Waals surface area contributed by atoms with Gasteiger partial charge >= 0.3 is 0 Å². The summed E-state index contributed by atoms with van der Waals surface area (Å²) in [4.78, 5) is 13.5. The van der Waals surface area contributed by atoms with Crippen LogP contribution in [0.1, 0.15) is 19.8 Å². The van der Waals surface area contributed by atoms with E-state index < -0.39 is 0 Å². The fourth-order valence-corrected chi connectivity index (χ4v) is 1.78. The molecule has 1 aliphatic heterocycles. The summed E-state index contributed by atoms with van der Waals surface area (Å²) in [7, 11) is 0. The molecule has 1 N–H and O–H groups in total. The highest BCUT2D eigenvalue weighted by atomic mass is 16.2. The summed E-state index contributed by atoms with van der Waals surface area (Å²) in [6, 6.07) is 0.719. The second-order valence-corrected chi connectivity index (χ2v) is 4.07. The largest absolute Gasteiger partial charge is 0.355 e. The first-order chi connectivity index (χ1) is 5.75. The Morgan fingerprint density at radius 3 is 2.92 bits per heavy atom. The first kappa shape index (κ1) is 8.05. The molecule has 1 heterocycles. The lowest BCUT2D eigenvalue weighted by Gasteiger charge is -2.19. The van der Waals surface area contributed by atoms with Gasteiger partial charge in [0.25, 0.3) is 0 Å². The summed E-state index contributed by atoms with van der Waals surface area (Å²) in [5, 5.41) is 2.93. The fraction of sp³-hybridized carbons (Fsp3) is 0.889. The Labute approximate surface area is 73.1 Å². The molecule has 0 aromatic rings. The summed E-state index contributed by atoms with van der Waals surface area (Å²) >= 11 is 0. The zero-order chi connectivity index (χ0) is 8.55. The van der Waals surface area contributed by atoms with E-state index in [0.29, 0.717) is 12.5 Å². The van der Waals surface area contributed by atoms with Crippen LogP contribution in [-0.2, 0) is 4.79 Å². The molecule has 1 amide bonds. The van der Waals surface area contributed by atoms with E-state index in [2.05, 4.69) is 17.1 Å². The lowest BCUT2D eigenvalue weighted by Crippen LogP contribution is -2.34. The van der Waals surface area contributed by atoms with Gasteiger partial charge in [-0.3, -0.25) is 9.69 Å². The van der Waals surface area contributed by atoms with E-state index in [1.165, 1.54) is 12.8 Å². The van der Waals surface area contributed by atoms with Crippen molar-refractivity contribution in [3.8, 4) is 0 Å². The first-order valence-corrected chi connectivity index (χ1v) is 4.76. The number of rotatable bonds is 1. The van der Waals surface area contributed by atoms with Gasteiger partial charge in [0.05, 0.1) is 6.54 Å². The summed E-state index contributed by atoms with van der Waals surface area (Å²) in [5.41, 5.74) is 0. The minimum absolute atomic E-state index is 0.200. The van der Waals surface area contributed by atoms with Gasteiger partial charge in [-0.15, -0.1) is 0 Å². The third kappa shape index (κ3) is 1.78. The van der Waals surface area contributed by atoms with Gasteiger partial charge in [0, 0.05) is 19.1 Å². The molecular formula is C9H16N2O. The van der Waals surface area contributed by atoms with E-state index in [-0.39, 0.29) is 5.91 Å². The van der Waals surface area contributed by atoms with Crippen LogP contribution in [0.5, 0.6) is 0 Å². The Morgan fingerprint density at radius 1 is 1.50 bits per heavy atom. The molecule has 1 aliphatic carbocycles. The zero-order valence-electron chi connectivity index (χ0n) is 7.55. The highest BCUT2D eigenvalue weighted by molar-refractivity contribution is 5.78. The third-order valence-corrected chi connectivity index (χ3v) is 2.60. The van der Waals surface area contributed by atoms with E-state index in [1.807, 2.05) is 0 Å². The van der Waals surface area contributed by atoms with Crippen LogP contribution in [0.25, 0.3) is 0 Å². The zero-order valence-corrected chi connectivity index (χ0v) is 7.55. The van der Waals surface area contributed by atoms with Gasteiger partial charge in [-0.1, -0.05) is 6.92 Å². The fourth-order valence-electron chi connectivity index (χ4n) is 1.78. The average molecular weight is 168 g/mol. The maximum Gasteiger partial charge on any atom is 0.234 e. The van der Waals surface area contributed by atoms with Crippen molar-refractivity contribution in [2.75, 3.05) is 19.6 Å². The van der Waals surface area contributed by atoms with Crippen molar-refractivity contribution in [3.05, 3.63) is 0 Å². The van der Waals surface area contributed by atoms with Crippen molar-refractivity contribution in [2.45, 2.75) is 25.8 Å². The van der Waals surface area contributed by atoms with Gasteiger partial charge in [0.1, 0.15) is 0 Å². The van der Waals surface area contributed by atoms with Gasteiger partial charge in [-0.05, 0) is 18.8 Å². The monoisotopic (exact) mass is 168 g/mol. The summed E-state index contributed by atoms with van der Waals surface area (Å²) < 4.78 is 0. The molecule has 0 bridgehead atoms. The Morgan fingerprint density at radius 2 is 2.25 bits per heavy atom. The van der Waals surface area contributed by atoms with Gasteiger partial charge in [0.15, 0.2) is 0 Å². The molecule has 2 aliphatic rings. The molecule has 0 spiro atoms. The predicted molar refractivity (Wildman–Crippen MR) is 46.8 cm³/mol. The smallest absolute Gasteiger partial charge is 0.234 e. The molecule has 1 unspecified atom stereocenters. The number of nitrogens with zero attached hydrogens (tertiary/aromatic N) is 1. The van der Waals surface area contributed by atoms with E-state index in [4.69, 9.17) is 0 Å². The quantitative estimate of drug-likeness (QED) is 0.607. The summed E-state index contributed by atoms with van der Waals surface area (Å²) in [5.74, 6) is 0.809. The predicted octanol–water partition coefficient (Wildman–Crippen LogP) is 0.217. The maximum absolute atomic E-state index is 11.2. The van der Waals surface area contributed by atoms with Crippen molar-refractivity contribution in [3.63, 3.8) is 0 Å². The van der Waals surface area contributed by atoms with Crippen LogP contribution in [0.15, 0.2) is 0 Å². The molecule has 2 rings (SSSR count). The highest BCUT2D eigenvalue weighted by Crippen LogP contribution is 2.27. The summed E-state index contributed by atoms with van der Waals surface area (Å²) in [6.45, 7) is 4.75. The third-order valence-electron chi connectivity index (χ3n) is 2.60. The molecule has 0 radical (unpaired) electrons. The van der Waals surface area contributed by atoms with Crippen molar-refractivity contribution < 1.29 is 4.79 Å². The standard InChI is InChI=1S/C9H16N2O/c1-7-4-10-9(12)6-11(5-7)8-2-3-8/h7-8H,2-6H2,1H3,(H,10,12). The summed E-state index contributed by atoms with van der Waals surface area (Å²) in [6.07, 6.45) is 2.58. The van der Waals surface area contributed by atoms with Gasteiger partial charge < -0.3 is 5.32 Å². The van der Waals surface area contributed by atoms with Crippen LogP contribution in [0.4, 0.5) is 0 Å². The van der Waals surface area contributed by atoms with E-state index in [0.717, 1.165) is 19.1 Å². The number of hydrogen-bond donors (Lipinski definition) is 1. The molecule has 3 heteroatoms. The Balaban J connectivity index is 1.96. The van der Waals surface area contributed by atoms with Crippen LogP contribution in [0.2, 0.25) is 0 Å². The number of amides is 1. The molecule has 68 valence electrons. The van der Waals surface area contributed by atoms with E-state index >= 15 is 0 Å². The second-order valence-electron chi connectivity index (χ2n) is 4.07. The molecule has 2 fully saturated rings. The maximum atomic E-state index is 11.2. The Kier molecular flexibility index (Phi) is 2.05. The molecule has 1 saturated carbocycles. The van der Waals surface area contributed by atoms with Crippen molar-refractivity contribution in [2.24, 2.45) is 5.92 Å². The highest BCUT2D eigenvalue weighted by Gasteiger charge is 2.32. The van der Waals surface area contributed by atoms with Crippen LogP contribution in [-0.4, -0.2) is 36.5 Å². The van der Waals surface area contributed by atoms with Crippen LogP contribution >= 0.6 is 0 Å². The molecular weight excluding hydrogens is 152 g/mol. The lowest BCUT2D eigenvalue weighted by atomic mass is 10.2. The number of hydrogen-bond acceptors (Lipinski definition) is 2. The molecule has 1 saturated heterocycles. The minimum atomic E-state index is 0.200. The SMILES string of the molecule is CC1CNC(=O)CN(C2CC2)C1. The van der Waals surface area contributed by atoms with Gasteiger partial charge in [0.2, 0.25) is 5.91 Å². The Hall–Kier alpha value is -0.570. The van der Waals surface area contributed by atoms with Crippen LogP contribution < -0.4 is 5.32 Å². The van der Waals surface area contributed by atoms with Crippen molar-refractivity contribution >= 4 is 5.91 Å².